The molecule has 1 atom stereocenters. The maximum Gasteiger partial charge on any atom is 0.272 e. The van der Waals surface area contributed by atoms with Gasteiger partial charge in [-0.3, -0.25) is 4.79 Å². The highest BCUT2D eigenvalue weighted by Gasteiger charge is 2.46. The van der Waals surface area contributed by atoms with Crippen molar-refractivity contribution in [2.75, 3.05) is 20.3 Å². The molecule has 1 spiro atoms. The lowest BCUT2D eigenvalue weighted by Crippen LogP contribution is -2.40. The van der Waals surface area contributed by atoms with E-state index < -0.39 is 0 Å². The Kier molecular flexibility index (Phi) is 5.46. The second-order valence-electron chi connectivity index (χ2n) is 7.93. The molecule has 2 fully saturated rings. The lowest BCUT2D eigenvalue weighted by atomic mass is 9.73. The molecule has 148 valence electrons. The molecule has 1 aliphatic carbocycles. The molecule has 6 nitrogen and oxygen atoms in total. The topological polar surface area (TPSA) is 64.6 Å². The third kappa shape index (κ3) is 3.96. The number of rotatable bonds is 5. The monoisotopic (exact) mass is 381 g/mol. The molecule has 1 aromatic carbocycles. The zero-order chi connectivity index (χ0) is 19.4. The van der Waals surface area contributed by atoms with Crippen molar-refractivity contribution in [2.24, 2.45) is 5.41 Å². The van der Waals surface area contributed by atoms with Crippen molar-refractivity contribution in [3.05, 3.63) is 48.5 Å². The summed E-state index contributed by atoms with van der Waals surface area (Å²) in [6.45, 7) is 1.29. The second kappa shape index (κ2) is 8.17. The first kappa shape index (κ1) is 18.7. The Balaban J connectivity index is 1.50. The fourth-order valence-corrected chi connectivity index (χ4v) is 4.64. The molecule has 4 rings (SSSR count). The largest absolute Gasteiger partial charge is 0.497 e. The van der Waals surface area contributed by atoms with Crippen LogP contribution in [-0.2, 0) is 0 Å². The Bertz CT molecular complexity index is 788. The Morgan fingerprint density at radius 1 is 1.14 bits per heavy atom. The summed E-state index contributed by atoms with van der Waals surface area (Å²) in [4.78, 5) is 23.2. The summed E-state index contributed by atoms with van der Waals surface area (Å²) in [5.74, 6) is 1.57. The molecule has 0 bridgehead atoms. The van der Waals surface area contributed by atoms with E-state index in [9.17, 15) is 4.79 Å². The number of carbonyl (C=O) groups is 1. The molecule has 0 N–H and O–H groups in total. The van der Waals surface area contributed by atoms with Gasteiger partial charge in [0.05, 0.1) is 13.2 Å². The smallest absolute Gasteiger partial charge is 0.272 e. The Hall–Kier alpha value is -2.63. The number of likely N-dealkylation sites (tertiary alicyclic amines) is 1. The van der Waals surface area contributed by atoms with Crippen LogP contribution in [-0.4, -0.2) is 47.1 Å². The van der Waals surface area contributed by atoms with E-state index in [1.165, 1.54) is 38.4 Å². The summed E-state index contributed by atoms with van der Waals surface area (Å²) in [5, 5.41) is 0. The maximum absolute atomic E-state index is 13.1. The van der Waals surface area contributed by atoms with Gasteiger partial charge in [-0.15, -0.1) is 0 Å². The molecule has 2 aromatic rings. The number of benzene rings is 1. The van der Waals surface area contributed by atoms with Crippen LogP contribution in [0.15, 0.2) is 42.9 Å². The number of amides is 1. The van der Waals surface area contributed by atoms with Crippen molar-refractivity contribution >= 4 is 5.91 Å². The first-order valence-electron chi connectivity index (χ1n) is 10.0. The quantitative estimate of drug-likeness (QED) is 0.790. The van der Waals surface area contributed by atoms with Crippen LogP contribution in [0.2, 0.25) is 0 Å². The normalized spacial score (nSPS) is 20.9. The van der Waals surface area contributed by atoms with Crippen LogP contribution in [0.5, 0.6) is 11.5 Å². The standard InChI is InChI=1S/C22H27N3O3/c1-27-18-5-7-19(8-6-18)28-14-17-13-22(10-3-2-4-11-22)15-25(17)21(26)20-9-12-23-16-24-20/h5-9,12,16-17H,2-4,10-11,13-15H2,1H3. The first-order valence-corrected chi connectivity index (χ1v) is 10.0. The molecule has 1 saturated heterocycles. The van der Waals surface area contributed by atoms with Gasteiger partial charge in [-0.25, -0.2) is 9.97 Å². The zero-order valence-electron chi connectivity index (χ0n) is 16.3. The molecule has 2 aliphatic rings. The average molecular weight is 381 g/mol. The number of carbonyl (C=O) groups excluding carboxylic acids is 1. The van der Waals surface area contributed by atoms with Crippen molar-refractivity contribution in [3.63, 3.8) is 0 Å². The van der Waals surface area contributed by atoms with Crippen molar-refractivity contribution in [1.29, 1.82) is 0 Å². The molecule has 1 saturated carbocycles. The van der Waals surface area contributed by atoms with Crippen molar-refractivity contribution in [1.82, 2.24) is 14.9 Å². The summed E-state index contributed by atoms with van der Waals surface area (Å²) in [6, 6.07) is 9.33. The van der Waals surface area contributed by atoms with Crippen LogP contribution in [0.1, 0.15) is 49.0 Å². The highest BCUT2D eigenvalue weighted by Crippen LogP contribution is 2.46. The van der Waals surface area contributed by atoms with E-state index >= 15 is 0 Å². The number of nitrogens with zero attached hydrogens (tertiary/aromatic N) is 3. The summed E-state index contributed by atoms with van der Waals surface area (Å²) in [6.07, 6.45) is 10.2. The molecule has 1 amide bonds. The molecular formula is C22H27N3O3. The minimum Gasteiger partial charge on any atom is -0.497 e. The molecule has 1 unspecified atom stereocenters. The Morgan fingerprint density at radius 2 is 1.89 bits per heavy atom. The van der Waals surface area contributed by atoms with Gasteiger partial charge in [0.15, 0.2) is 0 Å². The van der Waals surface area contributed by atoms with Crippen molar-refractivity contribution in [3.8, 4) is 11.5 Å². The highest BCUT2D eigenvalue weighted by molar-refractivity contribution is 5.92. The summed E-state index contributed by atoms with van der Waals surface area (Å²) in [5.41, 5.74) is 0.687. The van der Waals surface area contributed by atoms with Gasteiger partial charge in [0.25, 0.3) is 5.91 Å². The fraction of sp³-hybridized carbons (Fsp3) is 0.500. The molecule has 0 radical (unpaired) electrons. The number of methoxy groups -OCH3 is 1. The van der Waals surface area contributed by atoms with E-state index in [2.05, 4.69) is 9.97 Å². The average Bonchev–Trinajstić information content (AvgIpc) is 3.10. The third-order valence-electron chi connectivity index (χ3n) is 6.09. The van der Waals surface area contributed by atoms with Gasteiger partial charge in [0.1, 0.15) is 30.1 Å². The third-order valence-corrected chi connectivity index (χ3v) is 6.09. The first-order chi connectivity index (χ1) is 13.7. The molecule has 1 aromatic heterocycles. The SMILES string of the molecule is COc1ccc(OCC2CC3(CCCCC3)CN2C(=O)c2ccncn2)cc1. The number of aromatic nitrogens is 2. The van der Waals surface area contributed by atoms with Crippen LogP contribution < -0.4 is 9.47 Å². The van der Waals surface area contributed by atoms with E-state index in [1.807, 2.05) is 29.2 Å². The van der Waals surface area contributed by atoms with Gasteiger partial charge < -0.3 is 14.4 Å². The van der Waals surface area contributed by atoms with E-state index in [0.29, 0.717) is 12.3 Å². The summed E-state index contributed by atoms with van der Waals surface area (Å²) >= 11 is 0. The van der Waals surface area contributed by atoms with Gasteiger partial charge >= 0.3 is 0 Å². The predicted octanol–water partition coefficient (Wildman–Crippen LogP) is 3.73. The van der Waals surface area contributed by atoms with Gasteiger partial charge in [-0.1, -0.05) is 19.3 Å². The number of hydrogen-bond donors (Lipinski definition) is 0. The van der Waals surface area contributed by atoms with E-state index in [1.54, 1.807) is 19.4 Å². The van der Waals surface area contributed by atoms with Crippen LogP contribution in [0.3, 0.4) is 0 Å². The minimum absolute atomic E-state index is 0.0202. The molecule has 2 heterocycles. The number of ether oxygens (including phenoxy) is 2. The lowest BCUT2D eigenvalue weighted by Gasteiger charge is -2.33. The van der Waals surface area contributed by atoms with E-state index in [4.69, 9.17) is 9.47 Å². The zero-order valence-corrected chi connectivity index (χ0v) is 16.3. The van der Waals surface area contributed by atoms with Crippen LogP contribution in [0, 0.1) is 5.41 Å². The van der Waals surface area contributed by atoms with Gasteiger partial charge in [-0.05, 0) is 55.0 Å². The highest BCUT2D eigenvalue weighted by atomic mass is 16.5. The minimum atomic E-state index is -0.0202. The van der Waals surface area contributed by atoms with Gasteiger partial charge in [-0.2, -0.15) is 0 Å². The predicted molar refractivity (Wildman–Crippen MR) is 105 cm³/mol. The molecule has 28 heavy (non-hydrogen) atoms. The summed E-state index contributed by atoms with van der Waals surface area (Å²) in [7, 11) is 1.65. The fourth-order valence-electron chi connectivity index (χ4n) is 4.64. The van der Waals surface area contributed by atoms with Crippen molar-refractivity contribution < 1.29 is 14.3 Å². The molecule has 1 aliphatic heterocycles. The van der Waals surface area contributed by atoms with Crippen LogP contribution in [0.4, 0.5) is 0 Å². The van der Waals surface area contributed by atoms with Gasteiger partial charge in [0, 0.05) is 12.7 Å². The van der Waals surface area contributed by atoms with Gasteiger partial charge in [0.2, 0.25) is 0 Å². The number of hydrogen-bond acceptors (Lipinski definition) is 5. The maximum atomic E-state index is 13.1. The molecular weight excluding hydrogens is 354 g/mol. The van der Waals surface area contributed by atoms with Crippen LogP contribution >= 0.6 is 0 Å². The second-order valence-corrected chi connectivity index (χ2v) is 7.93. The molecule has 6 heteroatoms. The van der Waals surface area contributed by atoms with E-state index in [-0.39, 0.29) is 17.4 Å². The Labute approximate surface area is 165 Å². The lowest BCUT2D eigenvalue weighted by molar-refractivity contribution is 0.0668. The van der Waals surface area contributed by atoms with E-state index in [0.717, 1.165) is 24.5 Å². The summed E-state index contributed by atoms with van der Waals surface area (Å²) < 4.78 is 11.3. The van der Waals surface area contributed by atoms with Crippen molar-refractivity contribution in [2.45, 2.75) is 44.6 Å². The van der Waals surface area contributed by atoms with Crippen LogP contribution in [0.25, 0.3) is 0 Å². The Morgan fingerprint density at radius 3 is 2.57 bits per heavy atom.